The van der Waals surface area contributed by atoms with E-state index in [1.165, 1.54) is 7.11 Å². The second kappa shape index (κ2) is 8.17. The monoisotopic (exact) mass is 400 g/mol. The maximum atomic E-state index is 12.6. The Morgan fingerprint density at radius 3 is 2.44 bits per heavy atom. The van der Waals surface area contributed by atoms with E-state index < -0.39 is 15.9 Å². The Morgan fingerprint density at radius 2 is 1.80 bits per heavy atom. The highest BCUT2D eigenvalue weighted by Crippen LogP contribution is 2.32. The molecule has 0 fully saturated rings. The lowest BCUT2D eigenvalue weighted by Crippen LogP contribution is -2.49. The van der Waals surface area contributed by atoms with Crippen molar-refractivity contribution in [1.82, 2.24) is 5.32 Å². The molecule has 0 aliphatic carbocycles. The van der Waals surface area contributed by atoms with E-state index in [4.69, 9.17) is 39.5 Å². The molecule has 0 aromatic heterocycles. The van der Waals surface area contributed by atoms with Gasteiger partial charge in [-0.15, -0.1) is 0 Å². The quantitative estimate of drug-likeness (QED) is 0.556. The zero-order valence-electron chi connectivity index (χ0n) is 14.1. The van der Waals surface area contributed by atoms with Gasteiger partial charge in [-0.05, 0) is 43.2 Å². The summed E-state index contributed by atoms with van der Waals surface area (Å²) in [5.41, 5.74) is 3.15. The van der Waals surface area contributed by atoms with Gasteiger partial charge in [-0.25, -0.2) is 0 Å². The third-order valence-corrected chi connectivity index (χ3v) is 4.30. The fourth-order valence-electron chi connectivity index (χ4n) is 2.29. The number of carbonyl (C=O) groups excluding carboxylic acids is 1. The third kappa shape index (κ3) is 5.18. The van der Waals surface area contributed by atoms with E-state index in [2.05, 4.69) is 10.6 Å². The fourth-order valence-corrected chi connectivity index (χ4v) is 2.61. The number of hydrogen-bond acceptors (Lipinski definition) is 3. The number of hydrogen-bond donors (Lipinski definition) is 2. The minimum absolute atomic E-state index is 0.354. The predicted molar refractivity (Wildman–Crippen MR) is 104 cm³/mol. The van der Waals surface area contributed by atoms with Crippen LogP contribution < -0.4 is 15.4 Å². The Kier molecular flexibility index (Phi) is 6.44. The van der Waals surface area contributed by atoms with Gasteiger partial charge in [0, 0.05) is 5.69 Å². The molecule has 1 amide bonds. The topological polar surface area (TPSA) is 50.4 Å². The number of benzene rings is 2. The van der Waals surface area contributed by atoms with Crippen LogP contribution in [0.2, 0.25) is 0 Å². The summed E-state index contributed by atoms with van der Waals surface area (Å²) in [6, 6.07) is 12.7. The summed E-state index contributed by atoms with van der Waals surface area (Å²) in [6.45, 7) is 3.89. The van der Waals surface area contributed by atoms with E-state index in [1.807, 2.05) is 32.0 Å². The molecule has 7 heteroatoms. The lowest BCUT2D eigenvalue weighted by Gasteiger charge is -2.28. The van der Waals surface area contributed by atoms with Crippen LogP contribution in [-0.4, -0.2) is 23.0 Å². The number of para-hydroxylation sites is 1. The van der Waals surface area contributed by atoms with Crippen molar-refractivity contribution in [1.29, 1.82) is 0 Å². The second-order valence-electron chi connectivity index (χ2n) is 5.61. The molecule has 2 aromatic rings. The molecule has 0 saturated carbocycles. The summed E-state index contributed by atoms with van der Waals surface area (Å²) >= 11 is 18.2. The van der Waals surface area contributed by atoms with Crippen molar-refractivity contribution in [2.24, 2.45) is 0 Å². The average Bonchev–Trinajstić information content (AvgIpc) is 2.56. The van der Waals surface area contributed by atoms with Crippen LogP contribution in [0, 0.1) is 13.8 Å². The summed E-state index contributed by atoms with van der Waals surface area (Å²) < 4.78 is 3.45. The molecule has 0 saturated heterocycles. The zero-order chi connectivity index (χ0) is 18.6. The summed E-state index contributed by atoms with van der Waals surface area (Å²) in [5.74, 6) is 0.0291. The van der Waals surface area contributed by atoms with Crippen LogP contribution in [0.3, 0.4) is 0 Å². The molecule has 2 aromatic carbocycles. The SMILES string of the molecule is COc1ccccc1C(=O)NC(Nc1cc(C)ccc1C)C(Cl)(Cl)Cl. The van der Waals surface area contributed by atoms with Gasteiger partial charge in [0.1, 0.15) is 11.9 Å². The lowest BCUT2D eigenvalue weighted by atomic mass is 10.1. The van der Waals surface area contributed by atoms with Crippen molar-refractivity contribution >= 4 is 46.4 Å². The number of nitrogens with one attached hydrogen (secondary N) is 2. The minimum atomic E-state index is -1.76. The summed E-state index contributed by atoms with van der Waals surface area (Å²) in [5, 5.41) is 5.81. The van der Waals surface area contributed by atoms with E-state index in [0.717, 1.165) is 16.8 Å². The van der Waals surface area contributed by atoms with Crippen LogP contribution >= 0.6 is 34.8 Å². The molecule has 1 atom stereocenters. The largest absolute Gasteiger partial charge is 0.496 e. The van der Waals surface area contributed by atoms with E-state index in [-0.39, 0.29) is 0 Å². The first-order valence-electron chi connectivity index (χ1n) is 7.56. The first-order valence-corrected chi connectivity index (χ1v) is 8.70. The maximum absolute atomic E-state index is 12.6. The average molecular weight is 402 g/mol. The van der Waals surface area contributed by atoms with Gasteiger partial charge in [0.2, 0.25) is 3.79 Å². The van der Waals surface area contributed by atoms with Gasteiger partial charge in [-0.3, -0.25) is 4.79 Å². The number of rotatable bonds is 5. The van der Waals surface area contributed by atoms with E-state index in [0.29, 0.717) is 11.3 Å². The van der Waals surface area contributed by atoms with Crippen molar-refractivity contribution in [2.75, 3.05) is 12.4 Å². The van der Waals surface area contributed by atoms with Crippen molar-refractivity contribution in [2.45, 2.75) is 23.8 Å². The number of alkyl halides is 3. The Bertz CT molecular complexity index is 760. The number of aryl methyl sites for hydroxylation is 2. The van der Waals surface area contributed by atoms with Gasteiger partial charge in [-0.1, -0.05) is 59.1 Å². The number of carbonyl (C=O) groups is 1. The Hall–Kier alpha value is -1.62. The van der Waals surface area contributed by atoms with Crippen molar-refractivity contribution < 1.29 is 9.53 Å². The standard InChI is InChI=1S/C18H19Cl3N2O2/c1-11-8-9-12(2)14(10-11)22-17(18(19,20)21)23-16(24)13-6-4-5-7-15(13)25-3/h4-10,17,22H,1-3H3,(H,23,24). The number of methoxy groups -OCH3 is 1. The molecular weight excluding hydrogens is 383 g/mol. The minimum Gasteiger partial charge on any atom is -0.496 e. The van der Waals surface area contributed by atoms with Crippen LogP contribution in [0.15, 0.2) is 42.5 Å². The van der Waals surface area contributed by atoms with Crippen LogP contribution in [0.1, 0.15) is 21.5 Å². The zero-order valence-corrected chi connectivity index (χ0v) is 16.3. The molecule has 0 bridgehead atoms. The van der Waals surface area contributed by atoms with Gasteiger partial charge in [-0.2, -0.15) is 0 Å². The smallest absolute Gasteiger partial charge is 0.256 e. The van der Waals surface area contributed by atoms with Gasteiger partial charge in [0.25, 0.3) is 5.91 Å². The lowest BCUT2D eigenvalue weighted by molar-refractivity contribution is 0.0939. The molecule has 0 spiro atoms. The number of ether oxygens (including phenoxy) is 1. The highest BCUT2D eigenvalue weighted by molar-refractivity contribution is 6.68. The molecule has 4 nitrogen and oxygen atoms in total. The van der Waals surface area contributed by atoms with Gasteiger partial charge in [0.15, 0.2) is 0 Å². The molecule has 25 heavy (non-hydrogen) atoms. The predicted octanol–water partition coefficient (Wildman–Crippen LogP) is 4.85. The summed E-state index contributed by atoms with van der Waals surface area (Å²) in [4.78, 5) is 12.6. The first kappa shape index (κ1) is 19.7. The summed E-state index contributed by atoms with van der Waals surface area (Å²) in [7, 11) is 1.49. The fraction of sp³-hybridized carbons (Fsp3) is 0.278. The highest BCUT2D eigenvalue weighted by Gasteiger charge is 2.35. The van der Waals surface area contributed by atoms with E-state index >= 15 is 0 Å². The third-order valence-electron chi connectivity index (χ3n) is 3.65. The Morgan fingerprint density at radius 1 is 1.12 bits per heavy atom. The molecule has 0 heterocycles. The second-order valence-corrected chi connectivity index (χ2v) is 7.98. The molecule has 1 unspecified atom stereocenters. The van der Waals surface area contributed by atoms with Gasteiger partial charge < -0.3 is 15.4 Å². The number of halogens is 3. The molecule has 134 valence electrons. The Balaban J connectivity index is 2.27. The molecule has 0 aliphatic heterocycles. The van der Waals surface area contributed by atoms with Crippen LogP contribution in [0.4, 0.5) is 5.69 Å². The van der Waals surface area contributed by atoms with Crippen LogP contribution in [0.5, 0.6) is 5.75 Å². The summed E-state index contributed by atoms with van der Waals surface area (Å²) in [6.07, 6.45) is -0.935. The molecule has 0 aliphatic rings. The Labute approximate surface area is 162 Å². The van der Waals surface area contributed by atoms with Gasteiger partial charge >= 0.3 is 0 Å². The molecule has 2 rings (SSSR count). The van der Waals surface area contributed by atoms with Crippen LogP contribution in [0.25, 0.3) is 0 Å². The van der Waals surface area contributed by atoms with Gasteiger partial charge in [0.05, 0.1) is 12.7 Å². The first-order chi connectivity index (χ1) is 11.7. The van der Waals surface area contributed by atoms with E-state index in [1.54, 1.807) is 24.3 Å². The molecular formula is C18H19Cl3N2O2. The maximum Gasteiger partial charge on any atom is 0.256 e. The molecule has 0 radical (unpaired) electrons. The van der Waals surface area contributed by atoms with Crippen molar-refractivity contribution in [3.63, 3.8) is 0 Å². The van der Waals surface area contributed by atoms with E-state index in [9.17, 15) is 4.79 Å². The van der Waals surface area contributed by atoms with Crippen molar-refractivity contribution in [3.05, 3.63) is 59.2 Å². The van der Waals surface area contributed by atoms with Crippen LogP contribution in [-0.2, 0) is 0 Å². The highest BCUT2D eigenvalue weighted by atomic mass is 35.6. The normalized spacial score (nSPS) is 12.4. The molecule has 2 N–H and O–H groups in total. The number of amides is 1. The van der Waals surface area contributed by atoms with Crippen molar-refractivity contribution in [3.8, 4) is 5.75 Å². The number of anilines is 1.